The molecule has 2 atom stereocenters. The minimum Gasteiger partial charge on any atom is -0.469 e. The summed E-state index contributed by atoms with van der Waals surface area (Å²) in [6.45, 7) is 4.70. The third kappa shape index (κ3) is 4.21. The van der Waals surface area contributed by atoms with Crippen molar-refractivity contribution < 1.29 is 18.7 Å². The van der Waals surface area contributed by atoms with E-state index < -0.39 is 0 Å². The first kappa shape index (κ1) is 19.1. The molecule has 1 saturated heterocycles. The van der Waals surface area contributed by atoms with Crippen LogP contribution in [0.15, 0.2) is 34.7 Å². The van der Waals surface area contributed by atoms with Crippen LogP contribution < -0.4 is 0 Å². The molecule has 1 amide bonds. The van der Waals surface area contributed by atoms with Crippen molar-refractivity contribution in [2.45, 2.75) is 39.0 Å². The molecule has 1 aromatic heterocycles. The van der Waals surface area contributed by atoms with Gasteiger partial charge in [0, 0.05) is 25.4 Å². The van der Waals surface area contributed by atoms with Gasteiger partial charge in [-0.05, 0) is 25.3 Å². The lowest BCUT2D eigenvalue weighted by atomic mass is 9.84. The van der Waals surface area contributed by atoms with Crippen LogP contribution in [0.3, 0.4) is 0 Å². The van der Waals surface area contributed by atoms with Crippen LogP contribution in [-0.2, 0) is 16.0 Å². The van der Waals surface area contributed by atoms with Crippen LogP contribution in [0.4, 0.5) is 0 Å². The second-order valence-corrected chi connectivity index (χ2v) is 7.05. The van der Waals surface area contributed by atoms with Gasteiger partial charge in [0.15, 0.2) is 5.89 Å². The molecule has 0 aliphatic carbocycles. The average molecular weight is 370 g/mol. The lowest BCUT2D eigenvalue weighted by molar-refractivity contribution is -0.147. The van der Waals surface area contributed by atoms with E-state index in [1.54, 1.807) is 11.8 Å². The van der Waals surface area contributed by atoms with E-state index in [1.165, 1.54) is 7.11 Å². The molecule has 2 aromatic rings. The van der Waals surface area contributed by atoms with E-state index in [1.807, 2.05) is 37.3 Å². The van der Waals surface area contributed by atoms with Gasteiger partial charge in [-0.2, -0.15) is 0 Å². The second-order valence-electron chi connectivity index (χ2n) is 7.05. The molecule has 2 heterocycles. The number of carbonyl (C=O) groups is 2. The predicted octanol–water partition coefficient (Wildman–Crippen LogP) is 3.35. The number of carbonyl (C=O) groups excluding carboxylic acids is 2. The number of likely N-dealkylation sites (tertiary alicyclic amines) is 1. The molecule has 6 heteroatoms. The van der Waals surface area contributed by atoms with Gasteiger partial charge >= 0.3 is 5.97 Å². The van der Waals surface area contributed by atoms with Gasteiger partial charge in [-0.15, -0.1) is 0 Å². The van der Waals surface area contributed by atoms with E-state index in [9.17, 15) is 9.59 Å². The Morgan fingerprint density at radius 3 is 2.67 bits per heavy atom. The molecule has 144 valence electrons. The molecule has 0 N–H and O–H groups in total. The maximum Gasteiger partial charge on any atom is 0.310 e. The highest BCUT2D eigenvalue weighted by atomic mass is 16.5. The average Bonchev–Trinajstić information content (AvgIpc) is 3.07. The quantitative estimate of drug-likeness (QED) is 0.755. The van der Waals surface area contributed by atoms with Gasteiger partial charge in [-0.25, -0.2) is 4.98 Å². The fourth-order valence-electron chi connectivity index (χ4n) is 3.68. The Kier molecular flexibility index (Phi) is 5.94. The van der Waals surface area contributed by atoms with Gasteiger partial charge in [0.25, 0.3) is 5.91 Å². The standard InChI is InChI=1S/C21H26N2O4/c1-4-8-18-22-14(2)19(27-18)20(24)23-12-16(15-9-6-5-7-10-15)11-17(13-23)21(25)26-3/h5-7,9-10,16-17H,4,8,11-13H2,1-3H3. The summed E-state index contributed by atoms with van der Waals surface area (Å²) < 4.78 is 10.7. The van der Waals surface area contributed by atoms with E-state index in [0.717, 1.165) is 12.0 Å². The molecule has 1 aliphatic rings. The number of aryl methyl sites for hydroxylation is 2. The number of hydrogen-bond donors (Lipinski definition) is 0. The van der Waals surface area contributed by atoms with Crippen LogP contribution >= 0.6 is 0 Å². The summed E-state index contributed by atoms with van der Waals surface area (Å²) in [5.74, 6) is 0.0872. The Morgan fingerprint density at radius 1 is 1.26 bits per heavy atom. The van der Waals surface area contributed by atoms with Crippen LogP contribution in [0.25, 0.3) is 0 Å². The van der Waals surface area contributed by atoms with Crippen molar-refractivity contribution in [2.75, 3.05) is 20.2 Å². The summed E-state index contributed by atoms with van der Waals surface area (Å²) >= 11 is 0. The SMILES string of the molecule is CCCc1nc(C)c(C(=O)N2CC(C(=O)OC)CC(c3ccccc3)C2)o1. The van der Waals surface area contributed by atoms with Crippen molar-refractivity contribution in [3.05, 3.63) is 53.2 Å². The van der Waals surface area contributed by atoms with Crippen LogP contribution in [0.2, 0.25) is 0 Å². The number of piperidine rings is 1. The third-order valence-electron chi connectivity index (χ3n) is 5.04. The molecule has 0 bridgehead atoms. The Hall–Kier alpha value is -2.63. The zero-order valence-corrected chi connectivity index (χ0v) is 16.1. The first-order valence-corrected chi connectivity index (χ1v) is 9.41. The Bertz CT molecular complexity index is 800. The highest BCUT2D eigenvalue weighted by Gasteiger charge is 2.36. The van der Waals surface area contributed by atoms with Crippen LogP contribution in [0, 0.1) is 12.8 Å². The molecule has 0 radical (unpaired) electrons. The third-order valence-corrected chi connectivity index (χ3v) is 5.04. The Balaban J connectivity index is 1.86. The predicted molar refractivity (Wildman–Crippen MR) is 100 cm³/mol. The number of hydrogen-bond acceptors (Lipinski definition) is 5. The number of benzene rings is 1. The van der Waals surface area contributed by atoms with Crippen molar-refractivity contribution in [3.63, 3.8) is 0 Å². The molecular formula is C21H26N2O4. The van der Waals surface area contributed by atoms with Crippen molar-refractivity contribution in [1.29, 1.82) is 0 Å². The number of aromatic nitrogens is 1. The van der Waals surface area contributed by atoms with Crippen molar-refractivity contribution in [2.24, 2.45) is 5.92 Å². The Labute approximate surface area is 159 Å². The Morgan fingerprint density at radius 2 is 2.00 bits per heavy atom. The normalized spacial score (nSPS) is 19.7. The molecule has 1 fully saturated rings. The number of oxazole rings is 1. The van der Waals surface area contributed by atoms with Crippen LogP contribution in [-0.4, -0.2) is 42.0 Å². The van der Waals surface area contributed by atoms with Gasteiger partial charge in [0.1, 0.15) is 0 Å². The fraction of sp³-hybridized carbons (Fsp3) is 0.476. The smallest absolute Gasteiger partial charge is 0.310 e. The molecule has 1 aliphatic heterocycles. The number of nitrogens with zero attached hydrogens (tertiary/aromatic N) is 2. The topological polar surface area (TPSA) is 72.6 Å². The number of esters is 1. The van der Waals surface area contributed by atoms with Gasteiger partial charge < -0.3 is 14.1 Å². The van der Waals surface area contributed by atoms with Gasteiger partial charge in [-0.1, -0.05) is 37.3 Å². The second kappa shape index (κ2) is 8.37. The highest BCUT2D eigenvalue weighted by Crippen LogP contribution is 2.32. The molecule has 1 aromatic carbocycles. The summed E-state index contributed by atoms with van der Waals surface area (Å²) in [4.78, 5) is 31.4. The van der Waals surface area contributed by atoms with Gasteiger partial charge in [0.05, 0.1) is 18.7 Å². The lowest BCUT2D eigenvalue weighted by Crippen LogP contribution is -2.45. The van der Waals surface area contributed by atoms with Gasteiger partial charge in [0.2, 0.25) is 5.76 Å². The summed E-state index contributed by atoms with van der Waals surface area (Å²) in [6.07, 6.45) is 2.26. The lowest BCUT2D eigenvalue weighted by Gasteiger charge is -2.36. The monoisotopic (exact) mass is 370 g/mol. The zero-order chi connectivity index (χ0) is 19.4. The first-order valence-electron chi connectivity index (χ1n) is 9.41. The highest BCUT2D eigenvalue weighted by molar-refractivity contribution is 5.93. The van der Waals surface area contributed by atoms with Crippen LogP contribution in [0.5, 0.6) is 0 Å². The summed E-state index contributed by atoms with van der Waals surface area (Å²) in [7, 11) is 1.39. The minimum atomic E-state index is -0.351. The zero-order valence-electron chi connectivity index (χ0n) is 16.1. The van der Waals surface area contributed by atoms with Crippen molar-refractivity contribution >= 4 is 11.9 Å². The number of ether oxygens (including phenoxy) is 1. The van der Waals surface area contributed by atoms with Crippen LogP contribution in [0.1, 0.15) is 53.4 Å². The first-order chi connectivity index (χ1) is 13.0. The molecule has 0 spiro atoms. The summed E-state index contributed by atoms with van der Waals surface area (Å²) in [5, 5.41) is 0. The fourth-order valence-corrected chi connectivity index (χ4v) is 3.68. The molecule has 3 rings (SSSR count). The molecule has 2 unspecified atom stereocenters. The molecule has 6 nitrogen and oxygen atoms in total. The van der Waals surface area contributed by atoms with E-state index in [4.69, 9.17) is 9.15 Å². The van der Waals surface area contributed by atoms with E-state index >= 15 is 0 Å². The molecular weight excluding hydrogens is 344 g/mol. The van der Waals surface area contributed by atoms with Gasteiger partial charge in [-0.3, -0.25) is 9.59 Å². The number of methoxy groups -OCH3 is 1. The van der Waals surface area contributed by atoms with Crippen molar-refractivity contribution in [3.8, 4) is 0 Å². The molecule has 0 saturated carbocycles. The summed E-state index contributed by atoms with van der Waals surface area (Å²) in [6, 6.07) is 9.97. The maximum absolute atomic E-state index is 13.1. The number of amides is 1. The maximum atomic E-state index is 13.1. The van der Waals surface area contributed by atoms with E-state index in [0.29, 0.717) is 37.5 Å². The van der Waals surface area contributed by atoms with Crippen molar-refractivity contribution in [1.82, 2.24) is 9.88 Å². The number of rotatable bonds is 5. The van der Waals surface area contributed by atoms with E-state index in [2.05, 4.69) is 4.98 Å². The minimum absolute atomic E-state index is 0.0753. The van der Waals surface area contributed by atoms with E-state index in [-0.39, 0.29) is 29.5 Å². The summed E-state index contributed by atoms with van der Waals surface area (Å²) in [5.41, 5.74) is 1.71. The molecule has 27 heavy (non-hydrogen) atoms. The largest absolute Gasteiger partial charge is 0.469 e.